The fourth-order valence-corrected chi connectivity index (χ4v) is 2.59. The van der Waals surface area contributed by atoms with E-state index in [2.05, 4.69) is 5.32 Å². The molecule has 0 aliphatic carbocycles. The van der Waals surface area contributed by atoms with Crippen LogP contribution in [0.15, 0.2) is 11.6 Å². The minimum atomic E-state index is -1.01. The Labute approximate surface area is 170 Å². The highest BCUT2D eigenvalue weighted by Crippen LogP contribution is 2.24. The average Bonchev–Trinajstić information content (AvgIpc) is 2.53. The van der Waals surface area contributed by atoms with Gasteiger partial charge in [-0.3, -0.25) is 14.5 Å². The molecule has 2 atom stereocenters. The Morgan fingerprint density at radius 2 is 1.46 bits per heavy atom. The highest BCUT2D eigenvalue weighted by molar-refractivity contribution is 5.92. The zero-order chi connectivity index (χ0) is 22.6. The molecule has 0 aliphatic heterocycles. The van der Waals surface area contributed by atoms with Gasteiger partial charge in [0.15, 0.2) is 0 Å². The molecule has 2 amide bonds. The summed E-state index contributed by atoms with van der Waals surface area (Å²) in [4.78, 5) is 40.8. The number of likely N-dealkylation sites (N-methyl/N-ethyl adjacent to an activating group) is 2. The fourth-order valence-electron chi connectivity index (χ4n) is 2.59. The molecule has 0 aromatic carbocycles. The van der Waals surface area contributed by atoms with Gasteiger partial charge in [0.05, 0.1) is 11.6 Å². The summed E-state index contributed by atoms with van der Waals surface area (Å²) in [6.07, 6.45) is 1.59. The van der Waals surface area contributed by atoms with Gasteiger partial charge in [-0.1, -0.05) is 40.7 Å². The number of carbonyl (C=O) groups excluding carboxylic acids is 2. The van der Waals surface area contributed by atoms with Crippen LogP contribution in [0, 0.1) is 11.3 Å². The summed E-state index contributed by atoms with van der Waals surface area (Å²) in [5.41, 5.74) is -1.11. The molecule has 7 nitrogen and oxygen atoms in total. The highest BCUT2D eigenvalue weighted by Gasteiger charge is 2.40. The van der Waals surface area contributed by atoms with E-state index in [1.807, 2.05) is 48.7 Å². The number of amides is 2. The molecule has 0 unspecified atom stereocenters. The molecular formula is C21H39N3O4. The summed E-state index contributed by atoms with van der Waals surface area (Å²) >= 11 is 0. The minimum absolute atomic E-state index is 0.0118. The highest BCUT2D eigenvalue weighted by atomic mass is 16.4. The molecule has 2 N–H and O–H groups in total. The molecule has 0 saturated heterocycles. The number of nitrogens with one attached hydrogen (secondary N) is 1. The predicted molar refractivity (Wildman–Crippen MR) is 112 cm³/mol. The third kappa shape index (κ3) is 6.62. The summed E-state index contributed by atoms with van der Waals surface area (Å²) in [6.45, 7) is 14.7. The predicted octanol–water partition coefficient (Wildman–Crippen LogP) is 2.37. The molecule has 0 fully saturated rings. The van der Waals surface area contributed by atoms with Crippen LogP contribution in [0.1, 0.15) is 55.4 Å². The number of carboxylic acids is 1. The second-order valence-corrected chi connectivity index (χ2v) is 9.56. The average molecular weight is 398 g/mol. The van der Waals surface area contributed by atoms with E-state index in [4.69, 9.17) is 0 Å². The van der Waals surface area contributed by atoms with Crippen molar-refractivity contribution in [3.8, 4) is 0 Å². The summed E-state index contributed by atoms with van der Waals surface area (Å²) in [7, 11) is 5.28. The number of rotatable bonds is 8. The Morgan fingerprint density at radius 3 is 1.79 bits per heavy atom. The zero-order valence-corrected chi connectivity index (χ0v) is 19.4. The van der Waals surface area contributed by atoms with Crippen LogP contribution in [-0.4, -0.2) is 71.5 Å². The second kappa shape index (κ2) is 9.54. The summed E-state index contributed by atoms with van der Waals surface area (Å²) in [5, 5.41) is 12.1. The van der Waals surface area contributed by atoms with E-state index in [0.717, 1.165) is 0 Å². The largest absolute Gasteiger partial charge is 0.478 e. The fraction of sp³-hybridized carbons (Fsp3) is 0.762. The van der Waals surface area contributed by atoms with Crippen LogP contribution < -0.4 is 5.32 Å². The maximum Gasteiger partial charge on any atom is 0.331 e. The quantitative estimate of drug-likeness (QED) is 0.614. The molecule has 0 aromatic heterocycles. The van der Waals surface area contributed by atoms with E-state index in [9.17, 15) is 19.5 Å². The normalized spacial score (nSPS) is 15.4. The van der Waals surface area contributed by atoms with Crippen LogP contribution in [0.2, 0.25) is 0 Å². The lowest BCUT2D eigenvalue weighted by Gasteiger charge is -2.39. The Morgan fingerprint density at radius 1 is 1.00 bits per heavy atom. The number of carbonyl (C=O) groups is 3. The maximum absolute atomic E-state index is 13.3. The number of aliphatic carboxylic acids is 1. The Hall–Kier alpha value is -1.89. The third-order valence-corrected chi connectivity index (χ3v) is 5.30. The van der Waals surface area contributed by atoms with Crippen molar-refractivity contribution in [1.29, 1.82) is 0 Å². The molecule has 162 valence electrons. The lowest BCUT2D eigenvalue weighted by atomic mass is 9.84. The van der Waals surface area contributed by atoms with Gasteiger partial charge in [0.1, 0.15) is 6.04 Å². The van der Waals surface area contributed by atoms with Gasteiger partial charge >= 0.3 is 5.97 Å². The Balaban J connectivity index is 5.87. The van der Waals surface area contributed by atoms with Crippen molar-refractivity contribution in [3.05, 3.63) is 11.6 Å². The van der Waals surface area contributed by atoms with Gasteiger partial charge in [0.25, 0.3) is 0 Å². The van der Waals surface area contributed by atoms with Crippen LogP contribution in [0.3, 0.4) is 0 Å². The third-order valence-electron chi connectivity index (χ3n) is 5.30. The van der Waals surface area contributed by atoms with Crippen molar-refractivity contribution >= 4 is 17.8 Å². The van der Waals surface area contributed by atoms with Gasteiger partial charge in [0.2, 0.25) is 11.8 Å². The van der Waals surface area contributed by atoms with Gasteiger partial charge in [-0.15, -0.1) is 0 Å². The lowest BCUT2D eigenvalue weighted by molar-refractivity contribution is -0.142. The molecule has 0 rings (SSSR count). The summed E-state index contributed by atoms with van der Waals surface area (Å²) < 4.78 is 0. The number of hydrogen-bond donors (Lipinski definition) is 2. The number of nitrogens with zero attached hydrogens (tertiary/aromatic N) is 2. The molecule has 0 saturated carbocycles. The Bertz CT molecular complexity index is 616. The van der Waals surface area contributed by atoms with Gasteiger partial charge in [-0.2, -0.15) is 0 Å². The minimum Gasteiger partial charge on any atom is -0.478 e. The van der Waals surface area contributed by atoms with Crippen LogP contribution in [0.4, 0.5) is 0 Å². The van der Waals surface area contributed by atoms with E-state index in [1.54, 1.807) is 31.9 Å². The van der Waals surface area contributed by atoms with E-state index in [-0.39, 0.29) is 23.3 Å². The first-order chi connectivity index (χ1) is 12.4. The maximum atomic E-state index is 13.3. The monoisotopic (exact) mass is 397 g/mol. The first-order valence-electron chi connectivity index (χ1n) is 9.61. The van der Waals surface area contributed by atoms with Crippen molar-refractivity contribution < 1.29 is 19.5 Å². The van der Waals surface area contributed by atoms with Crippen LogP contribution in [-0.2, 0) is 14.4 Å². The van der Waals surface area contributed by atoms with E-state index < -0.39 is 29.0 Å². The molecule has 0 aliphatic rings. The van der Waals surface area contributed by atoms with Crippen LogP contribution in [0.5, 0.6) is 0 Å². The van der Waals surface area contributed by atoms with Crippen molar-refractivity contribution in [2.24, 2.45) is 11.3 Å². The van der Waals surface area contributed by atoms with Crippen molar-refractivity contribution in [2.45, 2.75) is 73.0 Å². The van der Waals surface area contributed by atoms with E-state index in [1.165, 1.54) is 11.8 Å². The molecule has 7 heteroatoms. The Kier molecular flexibility index (Phi) is 8.90. The lowest BCUT2D eigenvalue weighted by Crippen LogP contribution is -2.61. The second-order valence-electron chi connectivity index (χ2n) is 9.56. The van der Waals surface area contributed by atoms with E-state index >= 15 is 0 Å². The van der Waals surface area contributed by atoms with Crippen LogP contribution >= 0.6 is 0 Å². The van der Waals surface area contributed by atoms with Gasteiger partial charge in [-0.05, 0) is 46.2 Å². The molecule has 0 radical (unpaired) electrons. The van der Waals surface area contributed by atoms with Crippen molar-refractivity contribution in [3.63, 3.8) is 0 Å². The smallest absolute Gasteiger partial charge is 0.331 e. The van der Waals surface area contributed by atoms with Gasteiger partial charge in [-0.25, -0.2) is 4.79 Å². The van der Waals surface area contributed by atoms with Gasteiger partial charge < -0.3 is 15.3 Å². The van der Waals surface area contributed by atoms with Gasteiger partial charge in [0, 0.05) is 12.6 Å². The molecule has 0 bridgehead atoms. The standard InChI is InChI=1S/C21H39N3O4/c1-13(2)15(12-14(3)18(26)27)24(11)17(25)16(20(4,5)6)22-19(28)21(7,8)23(9)10/h12-13,15-16H,1-11H3,(H,22,28)(H,26,27)/t15-,16-/m1/s1. The zero-order valence-electron chi connectivity index (χ0n) is 19.4. The molecule has 28 heavy (non-hydrogen) atoms. The number of carboxylic acid groups (broad SMARTS) is 1. The first kappa shape index (κ1) is 26.1. The molecule has 0 heterocycles. The summed E-state index contributed by atoms with van der Waals surface area (Å²) in [6, 6.07) is -1.14. The molecule has 0 aromatic rings. The SMILES string of the molecule is CC(=C[C@H](C(C)C)N(C)C(=O)[C@@H](NC(=O)C(C)(C)N(C)C)C(C)(C)C)C(=O)O. The number of hydrogen-bond acceptors (Lipinski definition) is 4. The summed E-state index contributed by atoms with van der Waals surface area (Å²) in [5.74, 6) is -1.49. The van der Waals surface area contributed by atoms with Crippen molar-refractivity contribution in [2.75, 3.05) is 21.1 Å². The first-order valence-corrected chi connectivity index (χ1v) is 9.61. The van der Waals surface area contributed by atoms with Crippen LogP contribution in [0.25, 0.3) is 0 Å². The van der Waals surface area contributed by atoms with Crippen molar-refractivity contribution in [1.82, 2.24) is 15.1 Å². The topological polar surface area (TPSA) is 90.0 Å². The van der Waals surface area contributed by atoms with E-state index in [0.29, 0.717) is 0 Å². The molecular weight excluding hydrogens is 358 g/mol. The molecule has 0 spiro atoms.